The number of fused-ring (bicyclic) bond motifs is 1. The minimum absolute atomic E-state index is 0.0668. The van der Waals surface area contributed by atoms with Crippen LogP contribution in [0.15, 0.2) is 48.5 Å². The molecule has 2 aliphatic heterocycles. The normalized spacial score (nSPS) is 17.8. The highest BCUT2D eigenvalue weighted by atomic mass is 35.5. The van der Waals surface area contributed by atoms with Crippen LogP contribution in [0, 0.1) is 5.92 Å². The van der Waals surface area contributed by atoms with Gasteiger partial charge >= 0.3 is 0 Å². The lowest BCUT2D eigenvalue weighted by molar-refractivity contribution is -0.133. The maximum atomic E-state index is 13.6. The Kier molecular flexibility index (Phi) is 8.05. The number of nitrogens with zero attached hydrogens (tertiary/aromatic N) is 6. The molecule has 1 aromatic heterocycles. The van der Waals surface area contributed by atoms with Gasteiger partial charge in [0.25, 0.3) is 0 Å². The van der Waals surface area contributed by atoms with Crippen LogP contribution in [0.3, 0.4) is 0 Å². The van der Waals surface area contributed by atoms with E-state index < -0.39 is 0 Å². The summed E-state index contributed by atoms with van der Waals surface area (Å²) in [6.45, 7) is 6.49. The van der Waals surface area contributed by atoms with Gasteiger partial charge in [-0.05, 0) is 69.0 Å². The van der Waals surface area contributed by atoms with Crippen LogP contribution in [-0.4, -0.2) is 75.9 Å². The molecular formula is C28H35ClN6O2. The number of rotatable bonds is 7. The van der Waals surface area contributed by atoms with Crippen LogP contribution in [0.1, 0.15) is 45.1 Å². The minimum atomic E-state index is -0.0668. The van der Waals surface area contributed by atoms with E-state index in [9.17, 15) is 9.59 Å². The van der Waals surface area contributed by atoms with E-state index in [0.29, 0.717) is 43.5 Å². The van der Waals surface area contributed by atoms with Crippen LogP contribution in [0.4, 0.5) is 5.69 Å². The number of carbonyl (C=O) groups is 2. The smallest absolute Gasteiger partial charge is 0.230 e. The van der Waals surface area contributed by atoms with Crippen LogP contribution in [0.25, 0.3) is 11.0 Å². The molecule has 3 aromatic rings. The Bertz CT molecular complexity index is 1230. The maximum Gasteiger partial charge on any atom is 0.230 e. The third-order valence-corrected chi connectivity index (χ3v) is 8.05. The zero-order chi connectivity index (χ0) is 25.8. The van der Waals surface area contributed by atoms with Crippen molar-refractivity contribution in [2.24, 2.45) is 5.92 Å². The molecule has 0 N–H and O–H groups in total. The lowest BCUT2D eigenvalue weighted by atomic mass is 9.94. The number of para-hydroxylation sites is 1. The molecule has 2 saturated heterocycles. The van der Waals surface area contributed by atoms with Crippen molar-refractivity contribution in [2.45, 2.75) is 45.1 Å². The van der Waals surface area contributed by atoms with Crippen LogP contribution < -0.4 is 4.90 Å². The highest BCUT2D eigenvalue weighted by Gasteiger charge is 2.30. The van der Waals surface area contributed by atoms with E-state index in [4.69, 9.17) is 11.6 Å². The number of likely N-dealkylation sites (tertiary alicyclic amines) is 2. The van der Waals surface area contributed by atoms with Crippen LogP contribution in [-0.2, 0) is 9.59 Å². The van der Waals surface area contributed by atoms with Crippen molar-refractivity contribution in [3.8, 4) is 0 Å². The Morgan fingerprint density at radius 1 is 1.00 bits per heavy atom. The molecule has 8 nitrogen and oxygen atoms in total. The SMILES string of the molecule is CC(=O)N1CCC(C(=O)N(CCCN2CCC(n3nnc4ccccc43)CC2)c2cccc(Cl)c2)CC1. The topological polar surface area (TPSA) is 74.6 Å². The molecule has 2 amide bonds. The fourth-order valence-corrected chi connectivity index (χ4v) is 5.85. The maximum absolute atomic E-state index is 13.6. The quantitative estimate of drug-likeness (QED) is 0.459. The zero-order valence-electron chi connectivity index (χ0n) is 21.4. The molecule has 9 heteroatoms. The lowest BCUT2D eigenvalue weighted by Gasteiger charge is -2.35. The third kappa shape index (κ3) is 5.96. The van der Waals surface area contributed by atoms with Crippen molar-refractivity contribution in [3.05, 3.63) is 53.6 Å². The molecule has 5 rings (SSSR count). The summed E-state index contributed by atoms with van der Waals surface area (Å²) in [4.78, 5) is 31.5. The van der Waals surface area contributed by atoms with Crippen molar-refractivity contribution < 1.29 is 9.59 Å². The van der Waals surface area contributed by atoms with Gasteiger partial charge in [-0.25, -0.2) is 4.68 Å². The molecular weight excluding hydrogens is 488 g/mol. The summed E-state index contributed by atoms with van der Waals surface area (Å²) in [7, 11) is 0. The van der Waals surface area contributed by atoms with E-state index in [2.05, 4.69) is 26.0 Å². The van der Waals surface area contributed by atoms with Gasteiger partial charge in [-0.15, -0.1) is 5.10 Å². The minimum Gasteiger partial charge on any atom is -0.343 e. The summed E-state index contributed by atoms with van der Waals surface area (Å²) in [6, 6.07) is 16.1. The standard InChI is InChI=1S/C28H35ClN6O2/c1-21(36)33-18-10-22(11-19-33)28(37)34(25-7-4-6-23(29)20-25)15-5-14-32-16-12-24(13-17-32)35-27-9-3-2-8-26(27)30-31-35/h2-4,6-9,20,22,24H,5,10-19H2,1H3. The second-order valence-electron chi connectivity index (χ2n) is 10.2. The lowest BCUT2D eigenvalue weighted by Crippen LogP contribution is -2.45. The van der Waals surface area contributed by atoms with E-state index >= 15 is 0 Å². The van der Waals surface area contributed by atoms with E-state index in [1.54, 1.807) is 6.92 Å². The summed E-state index contributed by atoms with van der Waals surface area (Å²) in [6.07, 6.45) is 4.39. The van der Waals surface area contributed by atoms with Crippen molar-refractivity contribution in [1.29, 1.82) is 0 Å². The van der Waals surface area contributed by atoms with E-state index in [1.807, 2.05) is 52.3 Å². The molecule has 2 aliphatic rings. The number of halogens is 1. The van der Waals surface area contributed by atoms with Crippen molar-refractivity contribution in [2.75, 3.05) is 44.2 Å². The van der Waals surface area contributed by atoms with Gasteiger partial charge in [0.05, 0.1) is 11.6 Å². The van der Waals surface area contributed by atoms with Crippen LogP contribution in [0.2, 0.25) is 5.02 Å². The first kappa shape index (κ1) is 25.7. The van der Waals surface area contributed by atoms with Gasteiger partial charge in [0.15, 0.2) is 0 Å². The average Bonchev–Trinajstić information content (AvgIpc) is 3.35. The van der Waals surface area contributed by atoms with Gasteiger partial charge in [0, 0.05) is 56.3 Å². The molecule has 0 spiro atoms. The molecule has 0 unspecified atom stereocenters. The monoisotopic (exact) mass is 522 g/mol. The summed E-state index contributed by atoms with van der Waals surface area (Å²) >= 11 is 6.28. The first-order valence-corrected chi connectivity index (χ1v) is 13.7. The Morgan fingerprint density at radius 3 is 2.49 bits per heavy atom. The highest BCUT2D eigenvalue weighted by Crippen LogP contribution is 2.27. The fourth-order valence-electron chi connectivity index (χ4n) is 5.67. The molecule has 3 heterocycles. The molecule has 0 bridgehead atoms. The molecule has 2 fully saturated rings. The predicted molar refractivity (Wildman–Crippen MR) is 146 cm³/mol. The predicted octanol–water partition coefficient (Wildman–Crippen LogP) is 4.40. The number of amides is 2. The molecule has 0 atom stereocenters. The van der Waals surface area contributed by atoms with Crippen molar-refractivity contribution in [3.63, 3.8) is 0 Å². The van der Waals surface area contributed by atoms with Gasteiger partial charge in [0.1, 0.15) is 5.52 Å². The number of aromatic nitrogens is 3. The molecule has 0 saturated carbocycles. The summed E-state index contributed by atoms with van der Waals surface area (Å²) in [5.74, 6) is 0.156. The summed E-state index contributed by atoms with van der Waals surface area (Å²) in [5, 5.41) is 9.37. The van der Waals surface area contributed by atoms with Crippen LogP contribution in [0.5, 0.6) is 0 Å². The Balaban J connectivity index is 1.17. The van der Waals surface area contributed by atoms with Crippen molar-refractivity contribution >= 4 is 40.1 Å². The molecule has 196 valence electrons. The Morgan fingerprint density at radius 2 is 1.76 bits per heavy atom. The molecule has 0 aliphatic carbocycles. The van der Waals surface area contributed by atoms with Gasteiger partial charge in [-0.3, -0.25) is 9.59 Å². The Hall–Kier alpha value is -2.97. The molecule has 37 heavy (non-hydrogen) atoms. The Labute approximate surface area is 223 Å². The third-order valence-electron chi connectivity index (χ3n) is 7.81. The van der Waals surface area contributed by atoms with Gasteiger partial charge in [-0.2, -0.15) is 0 Å². The number of carbonyl (C=O) groups excluding carboxylic acids is 2. The van der Waals surface area contributed by atoms with E-state index in [0.717, 1.165) is 55.6 Å². The number of piperidine rings is 2. The second-order valence-corrected chi connectivity index (χ2v) is 10.6. The zero-order valence-corrected chi connectivity index (χ0v) is 22.2. The number of benzene rings is 2. The van der Waals surface area contributed by atoms with Gasteiger partial charge < -0.3 is 14.7 Å². The number of anilines is 1. The fraction of sp³-hybridized carbons (Fsp3) is 0.500. The van der Waals surface area contributed by atoms with E-state index in [1.165, 1.54) is 0 Å². The summed E-state index contributed by atoms with van der Waals surface area (Å²) in [5.41, 5.74) is 2.90. The summed E-state index contributed by atoms with van der Waals surface area (Å²) < 4.78 is 2.09. The first-order chi connectivity index (χ1) is 18.0. The van der Waals surface area contributed by atoms with Crippen molar-refractivity contribution in [1.82, 2.24) is 24.8 Å². The number of hydrogen-bond donors (Lipinski definition) is 0. The van der Waals surface area contributed by atoms with E-state index in [-0.39, 0.29) is 17.7 Å². The van der Waals surface area contributed by atoms with Crippen LogP contribution >= 0.6 is 11.6 Å². The first-order valence-electron chi connectivity index (χ1n) is 13.3. The van der Waals surface area contributed by atoms with Gasteiger partial charge in [-0.1, -0.05) is 35.0 Å². The second kappa shape index (κ2) is 11.6. The highest BCUT2D eigenvalue weighted by molar-refractivity contribution is 6.30. The molecule has 0 radical (unpaired) electrons. The molecule has 2 aromatic carbocycles. The average molecular weight is 523 g/mol. The largest absolute Gasteiger partial charge is 0.343 e. The number of hydrogen-bond acceptors (Lipinski definition) is 5. The van der Waals surface area contributed by atoms with Gasteiger partial charge in [0.2, 0.25) is 11.8 Å².